The van der Waals surface area contributed by atoms with Gasteiger partial charge in [-0.25, -0.2) is 0 Å². The molecule has 0 spiro atoms. The van der Waals surface area contributed by atoms with Crippen molar-refractivity contribution in [2.75, 3.05) is 17.2 Å². The molecule has 110 valence electrons. The summed E-state index contributed by atoms with van der Waals surface area (Å²) < 4.78 is 0. The van der Waals surface area contributed by atoms with Crippen LogP contribution in [-0.4, -0.2) is 24.4 Å². The zero-order valence-electron chi connectivity index (χ0n) is 12.3. The molecule has 0 aliphatic rings. The molecule has 0 atom stereocenters. The van der Waals surface area contributed by atoms with Gasteiger partial charge in [-0.1, -0.05) is 20.8 Å². The van der Waals surface area contributed by atoms with Crippen molar-refractivity contribution in [1.29, 1.82) is 0 Å². The van der Waals surface area contributed by atoms with Gasteiger partial charge in [0.25, 0.3) is 0 Å². The van der Waals surface area contributed by atoms with E-state index in [4.69, 9.17) is 0 Å². The molecule has 0 unspecified atom stereocenters. The van der Waals surface area contributed by atoms with Gasteiger partial charge < -0.3 is 16.0 Å². The van der Waals surface area contributed by atoms with Crippen molar-refractivity contribution in [2.24, 2.45) is 0 Å². The Hall–Kier alpha value is -1.88. The summed E-state index contributed by atoms with van der Waals surface area (Å²) in [6.45, 7) is 6.55. The monoisotopic (exact) mass is 277 g/mol. The molecule has 1 rings (SSSR count). The summed E-state index contributed by atoms with van der Waals surface area (Å²) in [5, 5.41) is 8.77. The molecule has 0 fully saturated rings. The summed E-state index contributed by atoms with van der Waals surface area (Å²) >= 11 is 0. The van der Waals surface area contributed by atoms with Gasteiger partial charge in [0.15, 0.2) is 0 Å². The van der Waals surface area contributed by atoms with Crippen LogP contribution in [-0.2, 0) is 9.59 Å². The first-order valence-corrected chi connectivity index (χ1v) is 6.94. The molecule has 1 aromatic carbocycles. The van der Waals surface area contributed by atoms with Crippen LogP contribution in [0.15, 0.2) is 24.3 Å². The lowest BCUT2D eigenvalue weighted by Crippen LogP contribution is -2.27. The molecule has 3 N–H and O–H groups in total. The van der Waals surface area contributed by atoms with Crippen molar-refractivity contribution in [3.63, 3.8) is 0 Å². The molecule has 0 saturated carbocycles. The average Bonchev–Trinajstić information content (AvgIpc) is 2.40. The highest BCUT2D eigenvalue weighted by Crippen LogP contribution is 2.13. The van der Waals surface area contributed by atoms with E-state index in [1.807, 2.05) is 13.8 Å². The van der Waals surface area contributed by atoms with Crippen molar-refractivity contribution in [2.45, 2.75) is 39.7 Å². The standard InChI is InChI=1S/C15H23N3O2/c1-4-14(19)17-12-5-7-13(8-6-12)18-15(20)9-10-16-11(2)3/h5-8,11,16H,4,9-10H2,1-3H3,(H,17,19)(H,18,20). The number of hydrogen-bond donors (Lipinski definition) is 3. The van der Waals surface area contributed by atoms with E-state index in [0.717, 1.165) is 11.4 Å². The Balaban J connectivity index is 2.40. The van der Waals surface area contributed by atoms with Crippen molar-refractivity contribution >= 4 is 23.2 Å². The van der Waals surface area contributed by atoms with Crippen LogP contribution < -0.4 is 16.0 Å². The first kappa shape index (κ1) is 16.2. The molecule has 2 amide bonds. The summed E-state index contributed by atoms with van der Waals surface area (Å²) in [7, 11) is 0. The number of carbonyl (C=O) groups excluding carboxylic acids is 2. The van der Waals surface area contributed by atoms with Crippen LogP contribution in [0.25, 0.3) is 0 Å². The van der Waals surface area contributed by atoms with E-state index in [-0.39, 0.29) is 11.8 Å². The molecule has 0 aliphatic carbocycles. The molecule has 0 saturated heterocycles. The van der Waals surface area contributed by atoms with E-state index < -0.39 is 0 Å². The van der Waals surface area contributed by atoms with Crippen LogP contribution in [0, 0.1) is 0 Å². The zero-order chi connectivity index (χ0) is 15.0. The fourth-order valence-electron chi connectivity index (χ4n) is 1.58. The lowest BCUT2D eigenvalue weighted by Gasteiger charge is -2.09. The van der Waals surface area contributed by atoms with Gasteiger partial charge in [0.2, 0.25) is 11.8 Å². The molecule has 20 heavy (non-hydrogen) atoms. The Kier molecular flexibility index (Phi) is 6.73. The fraction of sp³-hybridized carbons (Fsp3) is 0.467. The highest BCUT2D eigenvalue weighted by atomic mass is 16.2. The van der Waals surface area contributed by atoms with Crippen LogP contribution in [0.1, 0.15) is 33.6 Å². The quantitative estimate of drug-likeness (QED) is 0.716. The van der Waals surface area contributed by atoms with E-state index >= 15 is 0 Å². The zero-order valence-corrected chi connectivity index (χ0v) is 12.3. The molecule has 0 bridgehead atoms. The summed E-state index contributed by atoms with van der Waals surface area (Å²) in [6, 6.07) is 7.48. The Morgan fingerprint density at radius 2 is 1.50 bits per heavy atom. The molecule has 0 radical (unpaired) electrons. The first-order valence-electron chi connectivity index (χ1n) is 6.94. The summed E-state index contributed by atoms with van der Waals surface area (Å²) in [5.74, 6) is -0.0509. The normalized spacial score (nSPS) is 10.4. The molecule has 1 aromatic rings. The number of hydrogen-bond acceptors (Lipinski definition) is 3. The van der Waals surface area contributed by atoms with Crippen LogP contribution in [0.2, 0.25) is 0 Å². The maximum absolute atomic E-state index is 11.7. The van der Waals surface area contributed by atoms with Crippen LogP contribution in [0.5, 0.6) is 0 Å². The number of nitrogens with one attached hydrogen (secondary N) is 3. The lowest BCUT2D eigenvalue weighted by atomic mass is 10.2. The highest BCUT2D eigenvalue weighted by Gasteiger charge is 2.03. The van der Waals surface area contributed by atoms with Gasteiger partial charge in [0.1, 0.15) is 0 Å². The molecular weight excluding hydrogens is 254 g/mol. The van der Waals surface area contributed by atoms with E-state index in [1.165, 1.54) is 0 Å². The Labute approximate surface area is 120 Å². The van der Waals surface area contributed by atoms with Gasteiger partial charge >= 0.3 is 0 Å². The smallest absolute Gasteiger partial charge is 0.225 e. The number of amides is 2. The van der Waals surface area contributed by atoms with Gasteiger partial charge in [-0.05, 0) is 24.3 Å². The summed E-state index contributed by atoms with van der Waals surface area (Å²) in [6.07, 6.45) is 0.883. The number of anilines is 2. The topological polar surface area (TPSA) is 70.2 Å². The third-order valence-corrected chi connectivity index (χ3v) is 2.68. The predicted octanol–water partition coefficient (Wildman–Crippen LogP) is 2.36. The minimum atomic E-state index is -0.0263. The second-order valence-corrected chi connectivity index (χ2v) is 4.89. The third-order valence-electron chi connectivity index (χ3n) is 2.68. The molecule has 5 heteroatoms. The van der Waals surface area contributed by atoms with Gasteiger partial charge in [-0.2, -0.15) is 0 Å². The minimum Gasteiger partial charge on any atom is -0.326 e. The van der Waals surface area contributed by atoms with Gasteiger partial charge in [0, 0.05) is 36.8 Å². The van der Waals surface area contributed by atoms with E-state index in [2.05, 4.69) is 16.0 Å². The SMILES string of the molecule is CCC(=O)Nc1ccc(NC(=O)CCNC(C)C)cc1. The van der Waals surface area contributed by atoms with Crippen molar-refractivity contribution < 1.29 is 9.59 Å². The highest BCUT2D eigenvalue weighted by molar-refractivity contribution is 5.92. The number of carbonyl (C=O) groups is 2. The van der Waals surface area contributed by atoms with E-state index in [9.17, 15) is 9.59 Å². The van der Waals surface area contributed by atoms with Gasteiger partial charge in [-0.15, -0.1) is 0 Å². The van der Waals surface area contributed by atoms with Crippen LogP contribution in [0.3, 0.4) is 0 Å². The molecule has 5 nitrogen and oxygen atoms in total. The lowest BCUT2D eigenvalue weighted by molar-refractivity contribution is -0.116. The molecule has 0 aliphatic heterocycles. The second kappa shape index (κ2) is 8.32. The Morgan fingerprint density at radius 1 is 1.00 bits per heavy atom. The second-order valence-electron chi connectivity index (χ2n) is 4.89. The predicted molar refractivity (Wildman–Crippen MR) is 81.7 cm³/mol. The number of rotatable bonds is 7. The fourth-order valence-corrected chi connectivity index (χ4v) is 1.58. The molecule has 0 heterocycles. The van der Waals surface area contributed by atoms with Crippen molar-refractivity contribution in [3.05, 3.63) is 24.3 Å². The minimum absolute atomic E-state index is 0.0245. The van der Waals surface area contributed by atoms with Gasteiger partial charge in [0.05, 0.1) is 0 Å². The van der Waals surface area contributed by atoms with E-state index in [1.54, 1.807) is 31.2 Å². The Bertz CT molecular complexity index is 441. The third kappa shape index (κ3) is 6.33. The van der Waals surface area contributed by atoms with E-state index in [0.29, 0.717) is 25.4 Å². The molecule has 0 aromatic heterocycles. The van der Waals surface area contributed by atoms with Crippen LogP contribution in [0.4, 0.5) is 11.4 Å². The van der Waals surface area contributed by atoms with Gasteiger partial charge in [-0.3, -0.25) is 9.59 Å². The molecular formula is C15H23N3O2. The summed E-state index contributed by atoms with van der Waals surface area (Å²) in [4.78, 5) is 22.9. The maximum Gasteiger partial charge on any atom is 0.225 e. The number of benzene rings is 1. The average molecular weight is 277 g/mol. The Morgan fingerprint density at radius 3 is 1.95 bits per heavy atom. The summed E-state index contributed by atoms with van der Waals surface area (Å²) in [5.41, 5.74) is 1.46. The maximum atomic E-state index is 11.7. The first-order chi connectivity index (χ1) is 9.51. The van der Waals surface area contributed by atoms with Crippen molar-refractivity contribution in [1.82, 2.24) is 5.32 Å². The largest absolute Gasteiger partial charge is 0.326 e. The van der Waals surface area contributed by atoms with Crippen LogP contribution >= 0.6 is 0 Å². The van der Waals surface area contributed by atoms with Crippen molar-refractivity contribution in [3.8, 4) is 0 Å².